The van der Waals surface area contributed by atoms with Gasteiger partial charge in [0, 0.05) is 39.7 Å². The first-order valence-electron chi connectivity index (χ1n) is 15.8. The predicted molar refractivity (Wildman–Crippen MR) is 190 cm³/mol. The minimum atomic E-state index is -0.369. The van der Waals surface area contributed by atoms with Crippen LogP contribution >= 0.6 is 0 Å². The summed E-state index contributed by atoms with van der Waals surface area (Å²) < 4.78 is 42.2. The number of benzene rings is 7. The molecule has 0 fully saturated rings. The number of hydrogen-bond donors (Lipinski definition) is 0. The molecule has 3 heterocycles. The molecule has 0 aliphatic rings. The summed E-state index contributed by atoms with van der Waals surface area (Å²) in [7, 11) is 0. The molecule has 0 radical (unpaired) electrons. The van der Waals surface area contributed by atoms with E-state index in [9.17, 15) is 8.78 Å². The number of fused-ring (bicyclic) bond motifs is 6. The predicted octanol–water partition coefficient (Wildman–Crippen LogP) is 11.5. The number of halogens is 2. The zero-order valence-electron chi connectivity index (χ0n) is 25.7. The van der Waals surface area contributed by atoms with Crippen LogP contribution in [0.2, 0.25) is 0 Å². The lowest BCUT2D eigenvalue weighted by Crippen LogP contribution is -1.94. The normalized spacial score (nSPS) is 11.9. The first-order chi connectivity index (χ1) is 24.0. The Morgan fingerprint density at radius 3 is 1.57 bits per heavy atom. The van der Waals surface area contributed by atoms with Crippen LogP contribution < -0.4 is 0 Å². The summed E-state index contributed by atoms with van der Waals surface area (Å²) in [5.41, 5.74) is 8.71. The molecule has 10 aromatic rings. The first-order valence-corrected chi connectivity index (χ1v) is 15.8. The van der Waals surface area contributed by atoms with E-state index in [1.807, 2.05) is 24.3 Å². The van der Waals surface area contributed by atoms with Gasteiger partial charge in [0.2, 0.25) is 11.8 Å². The fraction of sp³-hybridized carbons (Fsp3) is 0. The number of rotatable bonds is 4. The lowest BCUT2D eigenvalue weighted by atomic mass is 10.0. The molecule has 0 unspecified atom stereocenters. The fourth-order valence-corrected chi connectivity index (χ4v) is 6.79. The molecule has 232 valence electrons. The van der Waals surface area contributed by atoms with Gasteiger partial charge in [0.25, 0.3) is 0 Å². The van der Waals surface area contributed by atoms with Crippen LogP contribution in [0.15, 0.2) is 148 Å². The highest BCUT2D eigenvalue weighted by molar-refractivity contribution is 6.11. The molecule has 0 amide bonds. The molecule has 0 saturated carbocycles. The quantitative estimate of drug-likeness (QED) is 0.192. The lowest BCUT2D eigenvalue weighted by Gasteiger charge is -2.10. The summed E-state index contributed by atoms with van der Waals surface area (Å²) in [4.78, 5) is 9.16. The molecule has 7 heteroatoms. The van der Waals surface area contributed by atoms with Crippen molar-refractivity contribution in [2.45, 2.75) is 0 Å². The fourth-order valence-electron chi connectivity index (χ4n) is 6.79. The maximum atomic E-state index is 13.9. The molecule has 3 aromatic heterocycles. The van der Waals surface area contributed by atoms with Crippen LogP contribution in [0.25, 0.3) is 94.5 Å². The lowest BCUT2D eigenvalue weighted by molar-refractivity contribution is 0.614. The number of hydrogen-bond acceptors (Lipinski definition) is 4. The van der Waals surface area contributed by atoms with Gasteiger partial charge in [-0.1, -0.05) is 48.5 Å². The Balaban J connectivity index is 1.14. The van der Waals surface area contributed by atoms with Crippen LogP contribution in [0.5, 0.6) is 0 Å². The molecule has 5 nitrogen and oxygen atoms in total. The van der Waals surface area contributed by atoms with Crippen molar-refractivity contribution < 1.29 is 17.6 Å². The van der Waals surface area contributed by atoms with E-state index < -0.39 is 0 Å². The Bertz CT molecular complexity index is 2780. The SMILES string of the molecule is Fc1ccc2oc(-c3ccc4c(c3)c3cc(-c5nc6cc(F)ccc6o5)ccc3n4-c3ccc(-c4ccc5ccccc5c4)cc3)nc2c1. The van der Waals surface area contributed by atoms with Crippen LogP contribution in [-0.2, 0) is 0 Å². The van der Waals surface area contributed by atoms with Crippen LogP contribution in [0.4, 0.5) is 8.78 Å². The molecule has 0 aliphatic heterocycles. The zero-order valence-corrected chi connectivity index (χ0v) is 25.7. The van der Waals surface area contributed by atoms with Crippen molar-refractivity contribution in [3.05, 3.63) is 151 Å². The second-order valence-corrected chi connectivity index (χ2v) is 12.2. The van der Waals surface area contributed by atoms with Gasteiger partial charge in [0.15, 0.2) is 11.2 Å². The standard InChI is InChI=1S/C42H23F2N3O2/c43-30-11-17-39-35(22-30)45-41(48-39)28-9-15-37-33(20-28)34-21-29(42-46-36-23-31(44)12-18-40(36)49-42)10-16-38(34)47(37)32-13-7-25(8-14-32)27-6-5-24-3-1-2-4-26(24)19-27/h1-23H. The average Bonchev–Trinajstić information content (AvgIpc) is 3.84. The topological polar surface area (TPSA) is 57.0 Å². The smallest absolute Gasteiger partial charge is 0.227 e. The van der Waals surface area contributed by atoms with Gasteiger partial charge in [-0.25, -0.2) is 18.7 Å². The molecule has 0 N–H and O–H groups in total. The van der Waals surface area contributed by atoms with Crippen LogP contribution in [0, 0.1) is 11.6 Å². The third-order valence-electron chi connectivity index (χ3n) is 9.17. The maximum Gasteiger partial charge on any atom is 0.227 e. The molecular weight excluding hydrogens is 616 g/mol. The largest absolute Gasteiger partial charge is 0.436 e. The summed E-state index contributed by atoms with van der Waals surface area (Å²) in [6, 6.07) is 44.2. The average molecular weight is 640 g/mol. The van der Waals surface area contributed by atoms with Gasteiger partial charge < -0.3 is 13.4 Å². The highest BCUT2D eigenvalue weighted by atomic mass is 19.1. The third kappa shape index (κ3) is 4.51. The van der Waals surface area contributed by atoms with E-state index in [1.54, 1.807) is 12.1 Å². The molecule has 10 rings (SSSR count). The van der Waals surface area contributed by atoms with Gasteiger partial charge in [0.05, 0.1) is 11.0 Å². The molecule has 0 spiro atoms. The molecule has 0 saturated heterocycles. The van der Waals surface area contributed by atoms with Crippen LogP contribution in [0.3, 0.4) is 0 Å². The summed E-state index contributed by atoms with van der Waals surface area (Å²) >= 11 is 0. The number of aromatic nitrogens is 3. The van der Waals surface area contributed by atoms with E-state index in [1.165, 1.54) is 35.0 Å². The highest BCUT2D eigenvalue weighted by Gasteiger charge is 2.18. The summed E-state index contributed by atoms with van der Waals surface area (Å²) in [5, 5.41) is 4.33. The van der Waals surface area contributed by atoms with Gasteiger partial charge in [-0.05, 0) is 101 Å². The van der Waals surface area contributed by atoms with Crippen molar-refractivity contribution in [1.82, 2.24) is 14.5 Å². The van der Waals surface area contributed by atoms with Gasteiger partial charge in [0.1, 0.15) is 22.7 Å². The van der Waals surface area contributed by atoms with Gasteiger partial charge in [-0.15, -0.1) is 0 Å². The second-order valence-electron chi connectivity index (χ2n) is 12.2. The minimum Gasteiger partial charge on any atom is -0.436 e. The van der Waals surface area contributed by atoms with E-state index in [-0.39, 0.29) is 11.6 Å². The van der Waals surface area contributed by atoms with Crippen molar-refractivity contribution in [2.24, 2.45) is 0 Å². The first kappa shape index (κ1) is 27.5. The third-order valence-corrected chi connectivity index (χ3v) is 9.17. The highest BCUT2D eigenvalue weighted by Crippen LogP contribution is 2.38. The number of oxazole rings is 2. The van der Waals surface area contributed by atoms with E-state index in [0.29, 0.717) is 34.0 Å². The van der Waals surface area contributed by atoms with Gasteiger partial charge in [-0.3, -0.25) is 0 Å². The molecule has 7 aromatic carbocycles. The number of nitrogens with zero attached hydrogens (tertiary/aromatic N) is 3. The molecule has 49 heavy (non-hydrogen) atoms. The van der Waals surface area contributed by atoms with E-state index in [4.69, 9.17) is 8.83 Å². The van der Waals surface area contributed by atoms with Crippen LogP contribution in [0.1, 0.15) is 0 Å². The Morgan fingerprint density at radius 1 is 0.449 bits per heavy atom. The van der Waals surface area contributed by atoms with Crippen molar-refractivity contribution in [3.63, 3.8) is 0 Å². The van der Waals surface area contributed by atoms with E-state index in [2.05, 4.69) is 93.4 Å². The molecule has 0 aliphatic carbocycles. The summed E-state index contributed by atoms with van der Waals surface area (Å²) in [6.07, 6.45) is 0. The van der Waals surface area contributed by atoms with E-state index in [0.717, 1.165) is 49.7 Å². The van der Waals surface area contributed by atoms with Crippen molar-refractivity contribution in [2.75, 3.05) is 0 Å². The second kappa shape index (κ2) is 10.5. The summed E-state index contributed by atoms with van der Waals surface area (Å²) in [5.74, 6) is 0.0690. The van der Waals surface area contributed by atoms with Crippen LogP contribution in [-0.4, -0.2) is 14.5 Å². The van der Waals surface area contributed by atoms with Gasteiger partial charge >= 0.3 is 0 Å². The Kier molecular flexibility index (Phi) is 5.87. The molecule has 0 atom stereocenters. The Labute approximate surface area is 277 Å². The Morgan fingerprint density at radius 2 is 0.980 bits per heavy atom. The van der Waals surface area contributed by atoms with Crippen molar-refractivity contribution in [3.8, 4) is 39.7 Å². The van der Waals surface area contributed by atoms with Gasteiger partial charge in [-0.2, -0.15) is 0 Å². The zero-order chi connectivity index (χ0) is 32.6. The maximum absolute atomic E-state index is 13.9. The minimum absolute atomic E-state index is 0.369. The molecular formula is C42H23F2N3O2. The van der Waals surface area contributed by atoms with E-state index >= 15 is 0 Å². The molecule has 0 bridgehead atoms. The van der Waals surface area contributed by atoms with Crippen molar-refractivity contribution in [1.29, 1.82) is 0 Å². The summed E-state index contributed by atoms with van der Waals surface area (Å²) in [6.45, 7) is 0. The Hall–Kier alpha value is -6.60. The van der Waals surface area contributed by atoms with Crippen molar-refractivity contribution >= 4 is 54.8 Å². The monoisotopic (exact) mass is 639 g/mol.